The van der Waals surface area contributed by atoms with Crippen LogP contribution in [0.3, 0.4) is 0 Å². The summed E-state index contributed by atoms with van der Waals surface area (Å²) in [7, 11) is 1.64. The average molecular weight is 273 g/mol. The Balaban J connectivity index is 2.02. The van der Waals surface area contributed by atoms with E-state index in [2.05, 4.69) is 5.32 Å². The number of ether oxygens (including phenoxy) is 1. The van der Waals surface area contributed by atoms with Crippen LogP contribution in [-0.2, 0) is 6.54 Å². The fourth-order valence-corrected chi connectivity index (χ4v) is 1.89. The summed E-state index contributed by atoms with van der Waals surface area (Å²) in [5.41, 5.74) is 2.51. The van der Waals surface area contributed by atoms with Gasteiger partial charge in [0.1, 0.15) is 11.8 Å². The van der Waals surface area contributed by atoms with E-state index in [1.54, 1.807) is 19.2 Å². The van der Waals surface area contributed by atoms with Gasteiger partial charge in [-0.1, -0.05) is 23.7 Å². The Kier molecular flexibility index (Phi) is 4.27. The first kappa shape index (κ1) is 13.3. The molecule has 0 bridgehead atoms. The maximum Gasteiger partial charge on any atom is 0.118 e. The quantitative estimate of drug-likeness (QED) is 0.920. The minimum Gasteiger partial charge on any atom is -0.497 e. The summed E-state index contributed by atoms with van der Waals surface area (Å²) in [5, 5.41) is 12.5. The van der Waals surface area contributed by atoms with Crippen molar-refractivity contribution in [2.45, 2.75) is 6.54 Å². The second-order valence-corrected chi connectivity index (χ2v) is 4.42. The average Bonchev–Trinajstić information content (AvgIpc) is 2.46. The third-order valence-electron chi connectivity index (χ3n) is 2.75. The summed E-state index contributed by atoms with van der Waals surface area (Å²) in [5.74, 6) is 0.838. The number of hydrogen-bond donors (Lipinski definition) is 1. The molecule has 0 aliphatic rings. The molecule has 0 amide bonds. The predicted octanol–water partition coefficient (Wildman–Crippen LogP) is 3.83. The van der Waals surface area contributed by atoms with Gasteiger partial charge in [0.15, 0.2) is 0 Å². The van der Waals surface area contributed by atoms with Crippen molar-refractivity contribution in [2.75, 3.05) is 12.4 Å². The van der Waals surface area contributed by atoms with Crippen molar-refractivity contribution < 1.29 is 4.74 Å². The number of halogens is 1. The summed E-state index contributed by atoms with van der Waals surface area (Å²) in [6.45, 7) is 0.687. The molecule has 0 aliphatic carbocycles. The van der Waals surface area contributed by atoms with Crippen LogP contribution in [0.1, 0.15) is 11.1 Å². The topological polar surface area (TPSA) is 45.0 Å². The van der Waals surface area contributed by atoms with Crippen molar-refractivity contribution >= 4 is 17.3 Å². The lowest BCUT2D eigenvalue weighted by Crippen LogP contribution is -1.99. The molecule has 1 N–H and O–H groups in total. The van der Waals surface area contributed by atoms with E-state index in [4.69, 9.17) is 21.6 Å². The van der Waals surface area contributed by atoms with Crippen LogP contribution in [-0.4, -0.2) is 7.11 Å². The summed E-state index contributed by atoms with van der Waals surface area (Å²) in [6.07, 6.45) is 0. The highest BCUT2D eigenvalue weighted by Crippen LogP contribution is 2.21. The van der Waals surface area contributed by atoms with Crippen LogP contribution in [0.4, 0.5) is 5.69 Å². The summed E-state index contributed by atoms with van der Waals surface area (Å²) < 4.78 is 5.10. The zero-order valence-corrected chi connectivity index (χ0v) is 11.2. The summed E-state index contributed by atoms with van der Waals surface area (Å²) in [4.78, 5) is 0. The molecular weight excluding hydrogens is 260 g/mol. The van der Waals surface area contributed by atoms with Crippen molar-refractivity contribution in [1.29, 1.82) is 5.26 Å². The Morgan fingerprint density at radius 3 is 2.53 bits per heavy atom. The molecule has 0 radical (unpaired) electrons. The molecule has 96 valence electrons. The third-order valence-corrected chi connectivity index (χ3v) is 3.06. The van der Waals surface area contributed by atoms with Gasteiger partial charge in [0.05, 0.1) is 17.7 Å². The first-order valence-corrected chi connectivity index (χ1v) is 6.17. The van der Waals surface area contributed by atoms with E-state index in [0.717, 1.165) is 17.0 Å². The second-order valence-electron chi connectivity index (χ2n) is 4.01. The highest BCUT2D eigenvalue weighted by Gasteiger charge is 2.01. The summed E-state index contributed by atoms with van der Waals surface area (Å²) >= 11 is 5.97. The van der Waals surface area contributed by atoms with Gasteiger partial charge in [-0.2, -0.15) is 5.26 Å². The molecule has 2 aromatic carbocycles. The number of nitrogens with one attached hydrogen (secondary N) is 1. The fraction of sp³-hybridized carbons (Fsp3) is 0.133. The van der Waals surface area contributed by atoms with Crippen molar-refractivity contribution in [3.05, 3.63) is 58.6 Å². The fourth-order valence-electron chi connectivity index (χ4n) is 1.66. The minimum absolute atomic E-state index is 0.460. The number of rotatable bonds is 4. The van der Waals surface area contributed by atoms with Gasteiger partial charge in [-0.05, 0) is 35.9 Å². The van der Waals surface area contributed by atoms with E-state index >= 15 is 0 Å². The van der Waals surface area contributed by atoms with Crippen LogP contribution in [0.2, 0.25) is 5.02 Å². The molecule has 0 spiro atoms. The van der Waals surface area contributed by atoms with Crippen LogP contribution in [0, 0.1) is 11.3 Å². The van der Waals surface area contributed by atoms with Crippen LogP contribution in [0.15, 0.2) is 42.5 Å². The lowest BCUT2D eigenvalue weighted by Gasteiger charge is -2.08. The maximum absolute atomic E-state index is 8.80. The van der Waals surface area contributed by atoms with Crippen molar-refractivity contribution in [1.82, 2.24) is 0 Å². The van der Waals surface area contributed by atoms with Crippen molar-refractivity contribution in [3.63, 3.8) is 0 Å². The van der Waals surface area contributed by atoms with Gasteiger partial charge in [0, 0.05) is 12.2 Å². The smallest absolute Gasteiger partial charge is 0.118 e. The lowest BCUT2D eigenvalue weighted by atomic mass is 10.2. The van der Waals surface area contributed by atoms with Crippen molar-refractivity contribution in [3.8, 4) is 11.8 Å². The van der Waals surface area contributed by atoms with E-state index < -0.39 is 0 Å². The second kappa shape index (κ2) is 6.12. The Labute approximate surface area is 117 Å². The van der Waals surface area contributed by atoms with E-state index in [-0.39, 0.29) is 0 Å². The van der Waals surface area contributed by atoms with Crippen LogP contribution >= 0.6 is 11.6 Å². The van der Waals surface area contributed by atoms with Crippen molar-refractivity contribution in [2.24, 2.45) is 0 Å². The number of nitriles is 1. The van der Waals surface area contributed by atoms with Gasteiger partial charge in [-0.25, -0.2) is 0 Å². The van der Waals surface area contributed by atoms with Gasteiger partial charge < -0.3 is 10.1 Å². The Morgan fingerprint density at radius 2 is 1.95 bits per heavy atom. The number of anilines is 1. The van der Waals surface area contributed by atoms with Crippen LogP contribution in [0.25, 0.3) is 0 Å². The Bertz CT molecular complexity index is 603. The standard InChI is InChI=1S/C15H13ClN2O/c1-19-14-6-2-11(3-7-14)10-18-13-5-4-12(9-17)15(16)8-13/h2-8,18H,10H2,1H3. The highest BCUT2D eigenvalue weighted by atomic mass is 35.5. The van der Waals surface area contributed by atoms with E-state index in [1.807, 2.05) is 36.4 Å². The Morgan fingerprint density at radius 1 is 1.21 bits per heavy atom. The molecule has 0 aliphatic heterocycles. The largest absolute Gasteiger partial charge is 0.497 e. The molecular formula is C15H13ClN2O. The number of hydrogen-bond acceptors (Lipinski definition) is 3. The lowest BCUT2D eigenvalue weighted by molar-refractivity contribution is 0.414. The first-order chi connectivity index (χ1) is 9.22. The molecule has 0 saturated carbocycles. The van der Waals surface area contributed by atoms with E-state index in [9.17, 15) is 0 Å². The molecule has 0 saturated heterocycles. The molecule has 2 aromatic rings. The zero-order chi connectivity index (χ0) is 13.7. The van der Waals surface area contributed by atoms with E-state index in [1.165, 1.54) is 0 Å². The molecule has 2 rings (SSSR count). The zero-order valence-electron chi connectivity index (χ0n) is 10.5. The van der Waals surface area contributed by atoms with Crippen LogP contribution in [0.5, 0.6) is 5.75 Å². The monoisotopic (exact) mass is 272 g/mol. The number of methoxy groups -OCH3 is 1. The van der Waals surface area contributed by atoms with Gasteiger partial charge >= 0.3 is 0 Å². The highest BCUT2D eigenvalue weighted by molar-refractivity contribution is 6.32. The predicted molar refractivity (Wildman–Crippen MR) is 76.5 cm³/mol. The van der Waals surface area contributed by atoms with E-state index in [0.29, 0.717) is 17.1 Å². The molecule has 3 nitrogen and oxygen atoms in total. The SMILES string of the molecule is COc1ccc(CNc2ccc(C#N)c(Cl)c2)cc1. The van der Waals surface area contributed by atoms with Gasteiger partial charge in [-0.15, -0.1) is 0 Å². The maximum atomic E-state index is 8.80. The first-order valence-electron chi connectivity index (χ1n) is 5.79. The number of benzene rings is 2. The van der Waals surface area contributed by atoms with Gasteiger partial charge in [-0.3, -0.25) is 0 Å². The molecule has 19 heavy (non-hydrogen) atoms. The molecule has 4 heteroatoms. The minimum atomic E-state index is 0.460. The summed E-state index contributed by atoms with van der Waals surface area (Å²) in [6, 6.07) is 15.2. The normalized spacial score (nSPS) is 9.74. The molecule has 0 aromatic heterocycles. The molecule has 0 unspecified atom stereocenters. The van der Waals surface area contributed by atoms with Crippen LogP contribution < -0.4 is 10.1 Å². The molecule has 0 fully saturated rings. The Hall–Kier alpha value is -2.18. The number of nitrogens with zero attached hydrogens (tertiary/aromatic N) is 1. The third kappa shape index (κ3) is 3.40. The molecule has 0 atom stereocenters. The molecule has 0 heterocycles. The van der Waals surface area contributed by atoms with Gasteiger partial charge in [0.2, 0.25) is 0 Å². The van der Waals surface area contributed by atoms with Gasteiger partial charge in [0.25, 0.3) is 0 Å².